The molecule has 0 saturated carbocycles. The number of aromatic nitrogens is 5. The van der Waals surface area contributed by atoms with Gasteiger partial charge >= 0.3 is 0 Å². The smallest absolute Gasteiger partial charge is 0.181 e. The summed E-state index contributed by atoms with van der Waals surface area (Å²) in [5.74, 6) is 0.134. The number of rotatable bonds is 5. The van der Waals surface area contributed by atoms with Crippen LogP contribution in [0.3, 0.4) is 0 Å². The van der Waals surface area contributed by atoms with E-state index in [0.29, 0.717) is 30.0 Å². The van der Waals surface area contributed by atoms with E-state index in [1.807, 2.05) is 34.9 Å². The molecule has 39 heavy (non-hydrogen) atoms. The third-order valence-corrected chi connectivity index (χ3v) is 7.10. The number of hydrogen-bond donors (Lipinski definition) is 2. The van der Waals surface area contributed by atoms with Gasteiger partial charge in [0.2, 0.25) is 0 Å². The zero-order valence-electron chi connectivity index (χ0n) is 21.8. The van der Waals surface area contributed by atoms with E-state index in [2.05, 4.69) is 15.0 Å². The molecular formula is C29H29FN8O. The lowest BCUT2D eigenvalue weighted by Crippen LogP contribution is -2.43. The number of piperidine rings is 1. The van der Waals surface area contributed by atoms with Crippen LogP contribution in [0.15, 0.2) is 55.0 Å². The van der Waals surface area contributed by atoms with Crippen molar-refractivity contribution in [1.82, 2.24) is 24.1 Å². The molecule has 3 aromatic heterocycles. The van der Waals surface area contributed by atoms with Crippen molar-refractivity contribution in [1.29, 1.82) is 5.26 Å². The van der Waals surface area contributed by atoms with Gasteiger partial charge in [0.1, 0.15) is 11.9 Å². The van der Waals surface area contributed by atoms with E-state index < -0.39 is 11.4 Å². The maximum Gasteiger partial charge on any atom is 0.181 e. The standard InChI is InChI=1S/C29H29FN8O/c1-29(2,39)17-38-24-8-7-19(12-21(24)15-34-38)26-25(18-5-6-20(14-31)23(30)13-18)35-28-27(33-9-11-37(26)28)36-10-3-4-22(32)16-36/h5-9,11-13,15,22,39H,3-4,10,16-17,32H2,1-2H3. The van der Waals surface area contributed by atoms with E-state index in [-0.39, 0.29) is 11.6 Å². The van der Waals surface area contributed by atoms with E-state index in [0.717, 1.165) is 47.4 Å². The Hall–Kier alpha value is -4.33. The van der Waals surface area contributed by atoms with Gasteiger partial charge in [-0.25, -0.2) is 14.4 Å². The van der Waals surface area contributed by atoms with Gasteiger partial charge in [0.15, 0.2) is 11.5 Å². The number of nitrogens with two attached hydrogens (primary N) is 1. The molecule has 9 nitrogen and oxygen atoms in total. The summed E-state index contributed by atoms with van der Waals surface area (Å²) in [6.07, 6.45) is 7.32. The molecule has 0 aliphatic carbocycles. The lowest BCUT2D eigenvalue weighted by molar-refractivity contribution is 0.0591. The molecule has 6 rings (SSSR count). The average molecular weight is 525 g/mol. The summed E-state index contributed by atoms with van der Waals surface area (Å²) in [4.78, 5) is 11.8. The average Bonchev–Trinajstić information content (AvgIpc) is 3.48. The van der Waals surface area contributed by atoms with Crippen molar-refractivity contribution in [3.8, 4) is 28.6 Å². The summed E-state index contributed by atoms with van der Waals surface area (Å²) in [6, 6.07) is 12.5. The minimum absolute atomic E-state index is 0.0191. The molecule has 1 aliphatic rings. The second-order valence-corrected chi connectivity index (χ2v) is 10.8. The van der Waals surface area contributed by atoms with Gasteiger partial charge in [-0.3, -0.25) is 9.08 Å². The van der Waals surface area contributed by atoms with E-state index in [9.17, 15) is 14.8 Å². The van der Waals surface area contributed by atoms with Gasteiger partial charge in [0, 0.05) is 48.0 Å². The van der Waals surface area contributed by atoms with Gasteiger partial charge in [0.25, 0.3) is 0 Å². The highest BCUT2D eigenvalue weighted by Gasteiger charge is 2.25. The number of anilines is 1. The molecule has 0 radical (unpaired) electrons. The van der Waals surface area contributed by atoms with Crippen molar-refractivity contribution in [3.63, 3.8) is 0 Å². The number of fused-ring (bicyclic) bond motifs is 2. The van der Waals surface area contributed by atoms with Gasteiger partial charge in [-0.05, 0) is 51.0 Å². The zero-order chi connectivity index (χ0) is 27.3. The molecule has 0 spiro atoms. The molecule has 1 fully saturated rings. The van der Waals surface area contributed by atoms with Crippen molar-refractivity contribution in [2.24, 2.45) is 5.73 Å². The normalized spacial score (nSPS) is 16.2. The first kappa shape index (κ1) is 25.0. The minimum Gasteiger partial charge on any atom is -0.389 e. The van der Waals surface area contributed by atoms with Gasteiger partial charge in [-0.15, -0.1) is 0 Å². The van der Waals surface area contributed by atoms with Crippen molar-refractivity contribution in [2.45, 2.75) is 44.9 Å². The first-order valence-electron chi connectivity index (χ1n) is 13.0. The van der Waals surface area contributed by atoms with Crippen molar-refractivity contribution in [2.75, 3.05) is 18.0 Å². The van der Waals surface area contributed by atoms with Crippen LogP contribution in [0.1, 0.15) is 32.3 Å². The Balaban J connectivity index is 1.56. The number of imidazole rings is 1. The van der Waals surface area contributed by atoms with Crippen LogP contribution >= 0.6 is 0 Å². The van der Waals surface area contributed by atoms with Crippen LogP contribution in [-0.2, 0) is 6.54 Å². The largest absolute Gasteiger partial charge is 0.389 e. The van der Waals surface area contributed by atoms with Gasteiger partial charge in [0.05, 0.1) is 40.8 Å². The molecule has 2 aromatic carbocycles. The Labute approximate surface area is 224 Å². The van der Waals surface area contributed by atoms with E-state index in [4.69, 9.17) is 10.7 Å². The quantitative estimate of drug-likeness (QED) is 0.355. The topological polar surface area (TPSA) is 121 Å². The van der Waals surface area contributed by atoms with Gasteiger partial charge in [-0.1, -0.05) is 12.1 Å². The Morgan fingerprint density at radius 2 is 2.03 bits per heavy atom. The van der Waals surface area contributed by atoms with Gasteiger partial charge < -0.3 is 15.7 Å². The fourth-order valence-electron chi connectivity index (χ4n) is 5.35. The van der Waals surface area contributed by atoms with Crippen LogP contribution in [0.4, 0.5) is 10.2 Å². The lowest BCUT2D eigenvalue weighted by Gasteiger charge is -2.31. The first-order chi connectivity index (χ1) is 18.7. The van der Waals surface area contributed by atoms with Crippen LogP contribution in [0.2, 0.25) is 0 Å². The highest BCUT2D eigenvalue weighted by atomic mass is 19.1. The van der Waals surface area contributed by atoms with Crippen LogP contribution in [0.5, 0.6) is 0 Å². The fourth-order valence-corrected chi connectivity index (χ4v) is 5.35. The summed E-state index contributed by atoms with van der Waals surface area (Å²) in [7, 11) is 0. The number of aliphatic hydroxyl groups is 1. The third kappa shape index (κ3) is 4.60. The molecule has 0 bridgehead atoms. The van der Waals surface area contributed by atoms with Crippen molar-refractivity contribution in [3.05, 3.63) is 66.4 Å². The molecule has 1 unspecified atom stereocenters. The van der Waals surface area contributed by atoms with Crippen LogP contribution in [-0.4, -0.2) is 54.0 Å². The molecule has 3 N–H and O–H groups in total. The summed E-state index contributed by atoms with van der Waals surface area (Å²) < 4.78 is 18.5. The number of nitriles is 1. The summed E-state index contributed by atoms with van der Waals surface area (Å²) >= 11 is 0. The van der Waals surface area contributed by atoms with Crippen LogP contribution < -0.4 is 10.6 Å². The predicted molar refractivity (Wildman–Crippen MR) is 148 cm³/mol. The third-order valence-electron chi connectivity index (χ3n) is 7.10. The lowest BCUT2D eigenvalue weighted by atomic mass is 10.0. The molecule has 1 aliphatic heterocycles. The molecule has 1 saturated heterocycles. The Morgan fingerprint density at radius 1 is 1.21 bits per heavy atom. The number of hydrogen-bond acceptors (Lipinski definition) is 7. The van der Waals surface area contributed by atoms with Gasteiger partial charge in [-0.2, -0.15) is 10.4 Å². The summed E-state index contributed by atoms with van der Waals surface area (Å²) in [5, 5.41) is 24.9. The zero-order valence-corrected chi connectivity index (χ0v) is 21.8. The minimum atomic E-state index is -0.910. The monoisotopic (exact) mass is 524 g/mol. The van der Waals surface area contributed by atoms with E-state index in [1.165, 1.54) is 12.1 Å². The molecule has 0 amide bonds. The molecule has 4 heterocycles. The predicted octanol–water partition coefficient (Wildman–Crippen LogP) is 4.12. The molecular weight excluding hydrogens is 495 g/mol. The molecule has 10 heteroatoms. The highest BCUT2D eigenvalue weighted by molar-refractivity contribution is 5.90. The van der Waals surface area contributed by atoms with Crippen molar-refractivity contribution < 1.29 is 9.50 Å². The Kier molecular flexibility index (Phi) is 6.05. The molecule has 198 valence electrons. The van der Waals surface area contributed by atoms with E-state index >= 15 is 0 Å². The number of halogens is 1. The fraction of sp³-hybridized carbons (Fsp3) is 0.310. The summed E-state index contributed by atoms with van der Waals surface area (Å²) in [5.41, 5.74) is 9.67. The second kappa shape index (κ2) is 9.45. The maximum atomic E-state index is 14.8. The summed E-state index contributed by atoms with van der Waals surface area (Å²) in [6.45, 7) is 5.36. The Morgan fingerprint density at radius 3 is 2.77 bits per heavy atom. The number of benzene rings is 2. The van der Waals surface area contributed by atoms with Crippen molar-refractivity contribution >= 4 is 22.4 Å². The Bertz CT molecular complexity index is 1740. The van der Waals surface area contributed by atoms with Crippen LogP contribution in [0.25, 0.3) is 39.1 Å². The highest BCUT2D eigenvalue weighted by Crippen LogP contribution is 2.37. The van der Waals surface area contributed by atoms with Crippen LogP contribution in [0, 0.1) is 17.1 Å². The molecule has 5 aromatic rings. The molecule has 1 atom stereocenters. The second-order valence-electron chi connectivity index (χ2n) is 10.8. The van der Waals surface area contributed by atoms with E-state index in [1.54, 1.807) is 37.0 Å². The first-order valence-corrected chi connectivity index (χ1v) is 13.0. The SMILES string of the molecule is CC(C)(O)Cn1ncc2cc(-c3c(-c4ccc(C#N)c(F)c4)nc4c(N5CCCC(N)C5)nccn34)ccc21. The number of nitrogens with zero attached hydrogens (tertiary/aromatic N) is 7. The maximum absolute atomic E-state index is 14.8.